The van der Waals surface area contributed by atoms with E-state index >= 15 is 0 Å². The Bertz CT molecular complexity index is 473. The summed E-state index contributed by atoms with van der Waals surface area (Å²) in [6.07, 6.45) is 3.31. The summed E-state index contributed by atoms with van der Waals surface area (Å²) in [6, 6.07) is -0.467. The van der Waals surface area contributed by atoms with Crippen LogP contribution in [0.1, 0.15) is 24.5 Å². The van der Waals surface area contributed by atoms with Crippen LogP contribution in [0.15, 0.2) is 0 Å². The van der Waals surface area contributed by atoms with Crippen molar-refractivity contribution < 1.29 is 9.90 Å². The lowest BCUT2D eigenvalue weighted by Gasteiger charge is -2.33. The van der Waals surface area contributed by atoms with Crippen LogP contribution in [0, 0.1) is 0 Å². The van der Waals surface area contributed by atoms with Crippen LogP contribution in [-0.4, -0.2) is 56.4 Å². The Kier molecular flexibility index (Phi) is 3.48. The van der Waals surface area contributed by atoms with Crippen molar-refractivity contribution in [2.45, 2.75) is 38.4 Å². The molecule has 7 heteroatoms. The molecular weight excluding hydrogens is 246 g/mol. The fourth-order valence-electron chi connectivity index (χ4n) is 2.85. The molecule has 2 aliphatic heterocycles. The molecule has 0 amide bonds. The van der Waals surface area contributed by atoms with Gasteiger partial charge in [0.05, 0.1) is 6.54 Å². The zero-order valence-corrected chi connectivity index (χ0v) is 10.9. The van der Waals surface area contributed by atoms with Crippen molar-refractivity contribution in [3.63, 3.8) is 0 Å². The maximum atomic E-state index is 11.3. The lowest BCUT2D eigenvalue weighted by molar-refractivity contribution is -0.144. The van der Waals surface area contributed by atoms with E-state index in [2.05, 4.69) is 20.1 Å². The number of fused-ring (bicyclic) bond motifs is 1. The average Bonchev–Trinajstić information content (AvgIpc) is 2.83. The second kappa shape index (κ2) is 5.26. The molecule has 2 N–H and O–H groups in total. The van der Waals surface area contributed by atoms with Crippen molar-refractivity contribution in [2.24, 2.45) is 0 Å². The fraction of sp³-hybridized carbons (Fsp3) is 0.750. The average molecular weight is 265 g/mol. The number of nitrogens with zero attached hydrogens (tertiary/aromatic N) is 4. The first-order valence-corrected chi connectivity index (χ1v) is 6.84. The predicted octanol–water partition coefficient (Wildman–Crippen LogP) is -0.527. The highest BCUT2D eigenvalue weighted by atomic mass is 16.4. The van der Waals surface area contributed by atoms with Crippen molar-refractivity contribution in [3.05, 3.63) is 11.6 Å². The third kappa shape index (κ3) is 2.48. The summed E-state index contributed by atoms with van der Waals surface area (Å²) in [5.41, 5.74) is 0. The van der Waals surface area contributed by atoms with Gasteiger partial charge in [-0.3, -0.25) is 9.69 Å². The van der Waals surface area contributed by atoms with Crippen molar-refractivity contribution in [2.75, 3.05) is 19.6 Å². The van der Waals surface area contributed by atoms with E-state index in [1.165, 1.54) is 6.42 Å². The summed E-state index contributed by atoms with van der Waals surface area (Å²) in [4.78, 5) is 13.2. The van der Waals surface area contributed by atoms with E-state index in [1.54, 1.807) is 0 Å². The number of carboxylic acid groups (broad SMARTS) is 1. The van der Waals surface area contributed by atoms with E-state index in [9.17, 15) is 9.90 Å². The number of rotatable bonds is 3. The highest BCUT2D eigenvalue weighted by Gasteiger charge is 2.30. The molecule has 0 aliphatic carbocycles. The summed E-state index contributed by atoms with van der Waals surface area (Å²) in [5, 5.41) is 20.8. The van der Waals surface area contributed by atoms with Crippen molar-refractivity contribution in [1.29, 1.82) is 0 Å². The van der Waals surface area contributed by atoms with Crippen LogP contribution in [0.5, 0.6) is 0 Å². The minimum absolute atomic E-state index is 0.467. The molecule has 1 fully saturated rings. The lowest BCUT2D eigenvalue weighted by Crippen LogP contribution is -2.54. The highest BCUT2D eigenvalue weighted by Crippen LogP contribution is 2.16. The molecule has 2 aliphatic rings. The molecule has 0 spiro atoms. The summed E-state index contributed by atoms with van der Waals surface area (Å²) < 4.78 is 2.16. The predicted molar refractivity (Wildman–Crippen MR) is 67.7 cm³/mol. The fourth-order valence-corrected chi connectivity index (χ4v) is 2.85. The summed E-state index contributed by atoms with van der Waals surface area (Å²) in [6.45, 7) is 3.59. The van der Waals surface area contributed by atoms with Crippen molar-refractivity contribution in [1.82, 2.24) is 25.0 Å². The van der Waals surface area contributed by atoms with Gasteiger partial charge in [0, 0.05) is 32.6 Å². The van der Waals surface area contributed by atoms with Gasteiger partial charge in [-0.25, -0.2) is 0 Å². The third-order valence-corrected chi connectivity index (χ3v) is 3.92. The molecule has 1 aromatic heterocycles. The number of carboxylic acids is 1. The molecule has 3 rings (SSSR count). The van der Waals surface area contributed by atoms with E-state index in [0.717, 1.165) is 44.1 Å². The number of aliphatic carboxylic acids is 1. The van der Waals surface area contributed by atoms with Gasteiger partial charge in [0.1, 0.15) is 17.7 Å². The van der Waals surface area contributed by atoms with Crippen molar-refractivity contribution >= 4 is 5.97 Å². The molecular formula is C12H19N5O2. The molecule has 1 saturated heterocycles. The SMILES string of the molecule is O=C(O)C1CNCCN1Cc1nnc2n1CCCC2. The van der Waals surface area contributed by atoms with Gasteiger partial charge in [-0.1, -0.05) is 0 Å². The Labute approximate surface area is 111 Å². The topological polar surface area (TPSA) is 83.3 Å². The standard InChI is InChI=1S/C12H19N5O2/c18-12(19)9-7-13-4-6-16(9)8-11-15-14-10-3-1-2-5-17(10)11/h9,13H,1-8H2,(H,18,19). The summed E-state index contributed by atoms with van der Waals surface area (Å²) in [7, 11) is 0. The molecule has 1 unspecified atom stereocenters. The molecule has 1 aromatic rings. The number of piperazine rings is 1. The van der Waals surface area contributed by atoms with Gasteiger partial charge in [-0.2, -0.15) is 0 Å². The van der Waals surface area contributed by atoms with Crippen LogP contribution in [0.4, 0.5) is 0 Å². The number of aromatic nitrogens is 3. The van der Waals surface area contributed by atoms with E-state index in [4.69, 9.17) is 0 Å². The van der Waals surface area contributed by atoms with Crippen LogP contribution in [0.25, 0.3) is 0 Å². The van der Waals surface area contributed by atoms with Gasteiger partial charge >= 0.3 is 5.97 Å². The highest BCUT2D eigenvalue weighted by molar-refractivity contribution is 5.73. The van der Waals surface area contributed by atoms with Gasteiger partial charge in [-0.15, -0.1) is 10.2 Å². The first kappa shape index (κ1) is 12.6. The number of hydrogen-bond donors (Lipinski definition) is 2. The van der Waals surface area contributed by atoms with Gasteiger partial charge in [0.2, 0.25) is 0 Å². The molecule has 19 heavy (non-hydrogen) atoms. The summed E-state index contributed by atoms with van der Waals surface area (Å²) in [5.74, 6) is 1.18. The second-order valence-corrected chi connectivity index (χ2v) is 5.17. The smallest absolute Gasteiger partial charge is 0.322 e. The molecule has 3 heterocycles. The molecule has 1 atom stereocenters. The lowest BCUT2D eigenvalue weighted by atomic mass is 10.1. The van der Waals surface area contributed by atoms with Gasteiger partial charge < -0.3 is 15.0 Å². The first-order chi connectivity index (χ1) is 9.25. The quantitative estimate of drug-likeness (QED) is 0.764. The zero-order valence-electron chi connectivity index (χ0n) is 10.9. The van der Waals surface area contributed by atoms with E-state index in [-0.39, 0.29) is 0 Å². The molecule has 104 valence electrons. The Hall–Kier alpha value is -1.47. The minimum Gasteiger partial charge on any atom is -0.480 e. The maximum absolute atomic E-state index is 11.3. The number of hydrogen-bond acceptors (Lipinski definition) is 5. The Morgan fingerprint density at radius 1 is 1.37 bits per heavy atom. The van der Waals surface area contributed by atoms with E-state index < -0.39 is 12.0 Å². The normalized spacial score (nSPS) is 24.1. The van der Waals surface area contributed by atoms with Crippen LogP contribution in [0.2, 0.25) is 0 Å². The summed E-state index contributed by atoms with van der Waals surface area (Å²) >= 11 is 0. The van der Waals surface area contributed by atoms with E-state index in [1.807, 2.05) is 4.90 Å². The first-order valence-electron chi connectivity index (χ1n) is 6.84. The number of nitrogens with one attached hydrogen (secondary N) is 1. The van der Waals surface area contributed by atoms with Crippen LogP contribution in [0.3, 0.4) is 0 Å². The number of carbonyl (C=O) groups is 1. The maximum Gasteiger partial charge on any atom is 0.322 e. The molecule has 0 saturated carbocycles. The molecule has 0 bridgehead atoms. The van der Waals surface area contributed by atoms with Crippen molar-refractivity contribution in [3.8, 4) is 0 Å². The van der Waals surface area contributed by atoms with E-state index in [0.29, 0.717) is 13.1 Å². The van der Waals surface area contributed by atoms with Gasteiger partial charge in [-0.05, 0) is 12.8 Å². The Balaban J connectivity index is 1.76. The molecule has 0 aromatic carbocycles. The van der Waals surface area contributed by atoms with Gasteiger partial charge in [0.15, 0.2) is 0 Å². The van der Waals surface area contributed by atoms with Crippen LogP contribution < -0.4 is 5.32 Å². The molecule has 7 nitrogen and oxygen atoms in total. The largest absolute Gasteiger partial charge is 0.480 e. The second-order valence-electron chi connectivity index (χ2n) is 5.17. The van der Waals surface area contributed by atoms with Crippen LogP contribution >= 0.6 is 0 Å². The minimum atomic E-state index is -0.773. The van der Waals surface area contributed by atoms with Gasteiger partial charge in [0.25, 0.3) is 0 Å². The number of aryl methyl sites for hydroxylation is 1. The molecule has 0 radical (unpaired) electrons. The Morgan fingerprint density at radius 3 is 3.11 bits per heavy atom. The zero-order chi connectivity index (χ0) is 13.2. The Morgan fingerprint density at radius 2 is 2.26 bits per heavy atom. The van der Waals surface area contributed by atoms with Crippen LogP contribution in [-0.2, 0) is 24.3 Å². The third-order valence-electron chi connectivity index (χ3n) is 3.92. The monoisotopic (exact) mass is 265 g/mol.